The van der Waals surface area contributed by atoms with Crippen LogP contribution in [0.25, 0.3) is 5.69 Å². The molecule has 0 unspecified atom stereocenters. The standard InChI is InChI=1S/C22H22FN3O2S/c1-16-7-8-20-19(14-16)24-22(21-6-3-11-26(20)21)9-12-25(13-10-22)29(27,28)18-5-2-4-17(23)15-18/h2-8,11,14-15,24H,9-10,12-13H2,1H3. The summed E-state index contributed by atoms with van der Waals surface area (Å²) in [5.74, 6) is -0.543. The van der Waals surface area contributed by atoms with Crippen LogP contribution in [0, 0.1) is 12.7 Å². The third-order valence-corrected chi connectivity index (χ3v) is 7.93. The maximum Gasteiger partial charge on any atom is 0.243 e. The van der Waals surface area contributed by atoms with Crippen molar-refractivity contribution in [3.63, 3.8) is 0 Å². The van der Waals surface area contributed by atoms with Gasteiger partial charge in [-0.3, -0.25) is 0 Å². The predicted molar refractivity (Wildman–Crippen MR) is 110 cm³/mol. The highest BCUT2D eigenvalue weighted by Gasteiger charge is 2.43. The summed E-state index contributed by atoms with van der Waals surface area (Å²) in [5.41, 5.74) is 4.18. The van der Waals surface area contributed by atoms with Crippen LogP contribution < -0.4 is 5.32 Å². The van der Waals surface area contributed by atoms with E-state index in [1.165, 1.54) is 28.1 Å². The Hall–Kier alpha value is -2.64. The van der Waals surface area contributed by atoms with Gasteiger partial charge < -0.3 is 9.88 Å². The molecule has 0 atom stereocenters. The molecule has 3 heterocycles. The van der Waals surface area contributed by atoms with Gasteiger partial charge in [0.15, 0.2) is 0 Å². The molecule has 0 bridgehead atoms. The lowest BCUT2D eigenvalue weighted by Gasteiger charge is -2.46. The highest BCUT2D eigenvalue weighted by molar-refractivity contribution is 7.89. The molecule has 2 aliphatic heterocycles. The number of sulfonamides is 1. The number of fused-ring (bicyclic) bond motifs is 4. The molecule has 2 aromatic carbocycles. The molecule has 1 fully saturated rings. The Labute approximate surface area is 169 Å². The molecule has 0 aliphatic carbocycles. The maximum atomic E-state index is 13.6. The van der Waals surface area contributed by atoms with Crippen molar-refractivity contribution >= 4 is 15.7 Å². The van der Waals surface area contributed by atoms with E-state index in [9.17, 15) is 12.8 Å². The van der Waals surface area contributed by atoms with Gasteiger partial charge in [0.05, 0.1) is 21.8 Å². The van der Waals surface area contributed by atoms with Gasteiger partial charge in [0.25, 0.3) is 0 Å². The SMILES string of the molecule is Cc1ccc2c(c1)NC1(CCN(S(=O)(=O)c3cccc(F)c3)CC1)c1cccn1-2. The first kappa shape index (κ1) is 18.4. The molecule has 0 saturated carbocycles. The lowest BCUT2D eigenvalue weighted by Crippen LogP contribution is -2.51. The van der Waals surface area contributed by atoms with Crippen molar-refractivity contribution in [2.24, 2.45) is 0 Å². The van der Waals surface area contributed by atoms with Gasteiger partial charge in [-0.1, -0.05) is 12.1 Å². The minimum atomic E-state index is -3.71. The fraction of sp³-hybridized carbons (Fsp3) is 0.273. The van der Waals surface area contributed by atoms with Crippen LogP contribution in [0.4, 0.5) is 10.1 Å². The average Bonchev–Trinajstić information content (AvgIpc) is 3.19. The molecule has 5 nitrogen and oxygen atoms in total. The zero-order chi connectivity index (χ0) is 20.2. The van der Waals surface area contributed by atoms with E-state index in [1.54, 1.807) is 0 Å². The van der Waals surface area contributed by atoms with Crippen LogP contribution in [0.2, 0.25) is 0 Å². The highest BCUT2D eigenvalue weighted by atomic mass is 32.2. The molecule has 5 rings (SSSR count). The number of halogens is 1. The van der Waals surface area contributed by atoms with Gasteiger partial charge in [0, 0.05) is 25.0 Å². The number of benzene rings is 2. The number of aryl methyl sites for hydroxylation is 1. The van der Waals surface area contributed by atoms with Crippen molar-refractivity contribution in [2.75, 3.05) is 18.4 Å². The topological polar surface area (TPSA) is 54.3 Å². The number of aromatic nitrogens is 1. The first-order valence-corrected chi connectivity index (χ1v) is 11.2. The quantitative estimate of drug-likeness (QED) is 0.693. The van der Waals surface area contributed by atoms with Crippen LogP contribution in [0.5, 0.6) is 0 Å². The van der Waals surface area contributed by atoms with E-state index in [0.29, 0.717) is 25.9 Å². The van der Waals surface area contributed by atoms with Crippen molar-refractivity contribution in [1.29, 1.82) is 0 Å². The lowest BCUT2D eigenvalue weighted by molar-refractivity contribution is 0.247. The molecule has 0 radical (unpaired) electrons. The Morgan fingerprint density at radius 1 is 1.03 bits per heavy atom. The number of hydrogen-bond donors (Lipinski definition) is 1. The number of nitrogens with zero attached hydrogens (tertiary/aromatic N) is 2. The molecule has 1 aromatic heterocycles. The Morgan fingerprint density at radius 3 is 2.59 bits per heavy atom. The molecular formula is C22H22FN3O2S. The van der Waals surface area contributed by atoms with E-state index in [4.69, 9.17) is 0 Å². The summed E-state index contributed by atoms with van der Waals surface area (Å²) < 4.78 is 43.2. The molecular weight excluding hydrogens is 389 g/mol. The van der Waals surface area contributed by atoms with Crippen LogP contribution in [0.15, 0.2) is 65.7 Å². The minimum absolute atomic E-state index is 0.00870. The normalized spacial score (nSPS) is 18.1. The molecule has 29 heavy (non-hydrogen) atoms. The minimum Gasteiger partial charge on any atom is -0.372 e. The summed E-state index contributed by atoms with van der Waals surface area (Å²) in [6.07, 6.45) is 3.33. The third-order valence-electron chi connectivity index (χ3n) is 6.03. The van der Waals surface area contributed by atoms with E-state index in [2.05, 4.69) is 47.3 Å². The van der Waals surface area contributed by atoms with Crippen LogP contribution >= 0.6 is 0 Å². The van der Waals surface area contributed by atoms with Crippen LogP contribution in [0.3, 0.4) is 0 Å². The largest absolute Gasteiger partial charge is 0.372 e. The molecule has 7 heteroatoms. The summed E-state index contributed by atoms with van der Waals surface area (Å²) >= 11 is 0. The molecule has 150 valence electrons. The van der Waals surface area contributed by atoms with Crippen LogP contribution in [-0.2, 0) is 15.6 Å². The Kier molecular flexibility index (Phi) is 4.08. The first-order valence-electron chi connectivity index (χ1n) is 9.72. The third kappa shape index (κ3) is 2.88. The summed E-state index contributed by atoms with van der Waals surface area (Å²) in [6, 6.07) is 15.7. The Balaban J connectivity index is 1.46. The Morgan fingerprint density at radius 2 is 1.83 bits per heavy atom. The van der Waals surface area contributed by atoms with Crippen molar-refractivity contribution in [3.8, 4) is 5.69 Å². The van der Waals surface area contributed by atoms with E-state index in [1.807, 2.05) is 6.07 Å². The van der Waals surface area contributed by atoms with Gasteiger partial charge in [0.2, 0.25) is 10.0 Å². The number of anilines is 1. The van der Waals surface area contributed by atoms with Gasteiger partial charge in [-0.15, -0.1) is 0 Å². The number of rotatable bonds is 2. The van der Waals surface area contributed by atoms with Crippen molar-refractivity contribution in [3.05, 3.63) is 77.9 Å². The zero-order valence-electron chi connectivity index (χ0n) is 16.1. The second-order valence-corrected chi connectivity index (χ2v) is 9.79. The zero-order valence-corrected chi connectivity index (χ0v) is 16.9. The van der Waals surface area contributed by atoms with E-state index >= 15 is 0 Å². The fourth-order valence-corrected chi connectivity index (χ4v) is 6.00. The Bertz CT molecular complexity index is 1190. The average molecular weight is 412 g/mol. The highest BCUT2D eigenvalue weighted by Crippen LogP contribution is 2.44. The molecule has 1 N–H and O–H groups in total. The van der Waals surface area contributed by atoms with Crippen LogP contribution in [-0.4, -0.2) is 30.4 Å². The van der Waals surface area contributed by atoms with E-state index < -0.39 is 15.8 Å². The molecule has 1 spiro atoms. The van der Waals surface area contributed by atoms with Gasteiger partial charge in [-0.2, -0.15) is 4.31 Å². The van der Waals surface area contributed by atoms with Crippen molar-refractivity contribution in [1.82, 2.24) is 8.87 Å². The first-order chi connectivity index (χ1) is 13.9. The lowest BCUT2D eigenvalue weighted by atomic mass is 9.83. The van der Waals surface area contributed by atoms with Crippen molar-refractivity contribution in [2.45, 2.75) is 30.2 Å². The number of piperidine rings is 1. The van der Waals surface area contributed by atoms with E-state index in [0.717, 1.165) is 23.1 Å². The second kappa shape index (κ2) is 6.43. The van der Waals surface area contributed by atoms with Gasteiger partial charge in [-0.25, -0.2) is 12.8 Å². The number of nitrogens with one attached hydrogen (secondary N) is 1. The molecule has 2 aliphatic rings. The van der Waals surface area contributed by atoms with Crippen molar-refractivity contribution < 1.29 is 12.8 Å². The summed E-state index contributed by atoms with van der Waals surface area (Å²) in [5, 5.41) is 3.71. The van der Waals surface area contributed by atoms with E-state index in [-0.39, 0.29) is 10.4 Å². The number of hydrogen-bond acceptors (Lipinski definition) is 3. The summed E-state index contributed by atoms with van der Waals surface area (Å²) in [4.78, 5) is 0.00870. The van der Waals surface area contributed by atoms with Gasteiger partial charge in [-0.05, 0) is 67.8 Å². The predicted octanol–water partition coefficient (Wildman–Crippen LogP) is 4.03. The van der Waals surface area contributed by atoms with Gasteiger partial charge >= 0.3 is 0 Å². The summed E-state index contributed by atoms with van der Waals surface area (Å²) in [7, 11) is -3.71. The second-order valence-electron chi connectivity index (χ2n) is 7.85. The fourth-order valence-electron chi connectivity index (χ4n) is 4.53. The monoisotopic (exact) mass is 411 g/mol. The molecule has 0 amide bonds. The smallest absolute Gasteiger partial charge is 0.243 e. The maximum absolute atomic E-state index is 13.6. The van der Waals surface area contributed by atoms with Crippen LogP contribution in [0.1, 0.15) is 24.1 Å². The molecule has 1 saturated heterocycles. The van der Waals surface area contributed by atoms with Gasteiger partial charge in [0.1, 0.15) is 5.82 Å². The molecule has 3 aromatic rings. The summed E-state index contributed by atoms with van der Waals surface area (Å²) in [6.45, 7) is 2.81.